The van der Waals surface area contributed by atoms with E-state index in [2.05, 4.69) is 10.3 Å². The number of rotatable bonds is 5. The molecule has 2 aromatic rings. The van der Waals surface area contributed by atoms with Gasteiger partial charge in [-0.05, 0) is 25.0 Å². The van der Waals surface area contributed by atoms with E-state index in [0.717, 1.165) is 11.3 Å². The molecule has 24 heavy (non-hydrogen) atoms. The molecule has 1 atom stereocenters. The maximum atomic E-state index is 12.5. The summed E-state index contributed by atoms with van der Waals surface area (Å²) >= 11 is 8.87. The van der Waals surface area contributed by atoms with Gasteiger partial charge in [0.2, 0.25) is 11.8 Å². The van der Waals surface area contributed by atoms with E-state index in [1.54, 1.807) is 22.5 Å². The molecule has 1 aliphatic rings. The summed E-state index contributed by atoms with van der Waals surface area (Å²) in [5, 5.41) is 5.77. The van der Waals surface area contributed by atoms with Crippen LogP contribution in [0.4, 0.5) is 5.13 Å². The van der Waals surface area contributed by atoms with E-state index in [9.17, 15) is 9.59 Å². The quantitative estimate of drug-likeness (QED) is 0.805. The summed E-state index contributed by atoms with van der Waals surface area (Å²) in [6.45, 7) is 0.609. The van der Waals surface area contributed by atoms with Gasteiger partial charge in [-0.25, -0.2) is 4.98 Å². The average Bonchev–Trinajstić information content (AvgIpc) is 3.25. The molecule has 0 aliphatic carbocycles. The maximum Gasteiger partial charge on any atom is 0.248 e. The number of hydrogen-bond acceptors (Lipinski definition) is 5. The van der Waals surface area contributed by atoms with Crippen molar-refractivity contribution in [1.82, 2.24) is 9.88 Å². The molecular formula is C16H16ClN3O2S2. The second-order valence-corrected chi connectivity index (χ2v) is 7.61. The first-order valence-corrected chi connectivity index (χ1v) is 9.76. The van der Waals surface area contributed by atoms with Crippen molar-refractivity contribution in [2.75, 3.05) is 17.6 Å². The molecule has 1 unspecified atom stereocenters. The highest BCUT2D eigenvalue weighted by atomic mass is 35.5. The van der Waals surface area contributed by atoms with E-state index in [1.165, 1.54) is 23.1 Å². The SMILES string of the molecule is O=C(Nc1nccs1)C1CCCN1C(=O)CSc1ccccc1Cl. The number of anilines is 1. The molecule has 5 nitrogen and oxygen atoms in total. The summed E-state index contributed by atoms with van der Waals surface area (Å²) in [6, 6.07) is 7.01. The Kier molecular flexibility index (Phi) is 5.76. The van der Waals surface area contributed by atoms with Crippen molar-refractivity contribution in [3.63, 3.8) is 0 Å². The number of thioether (sulfide) groups is 1. The first-order chi connectivity index (χ1) is 11.6. The van der Waals surface area contributed by atoms with E-state index in [-0.39, 0.29) is 17.6 Å². The Labute approximate surface area is 153 Å². The minimum absolute atomic E-state index is 0.0447. The second kappa shape index (κ2) is 8.00. The van der Waals surface area contributed by atoms with Crippen molar-refractivity contribution < 1.29 is 9.59 Å². The van der Waals surface area contributed by atoms with Crippen LogP contribution < -0.4 is 5.32 Å². The van der Waals surface area contributed by atoms with Gasteiger partial charge in [0.1, 0.15) is 6.04 Å². The van der Waals surface area contributed by atoms with E-state index in [4.69, 9.17) is 11.6 Å². The minimum Gasteiger partial charge on any atom is -0.330 e. The van der Waals surface area contributed by atoms with E-state index in [1.807, 2.05) is 18.2 Å². The third-order valence-electron chi connectivity index (χ3n) is 3.73. The Morgan fingerprint density at radius 1 is 1.42 bits per heavy atom. The Morgan fingerprint density at radius 3 is 3.00 bits per heavy atom. The van der Waals surface area contributed by atoms with Crippen molar-refractivity contribution in [1.29, 1.82) is 0 Å². The summed E-state index contributed by atoms with van der Waals surface area (Å²) in [7, 11) is 0. The number of benzene rings is 1. The first kappa shape index (κ1) is 17.3. The fraction of sp³-hybridized carbons (Fsp3) is 0.312. The number of hydrogen-bond donors (Lipinski definition) is 1. The van der Waals surface area contributed by atoms with E-state index >= 15 is 0 Å². The summed E-state index contributed by atoms with van der Waals surface area (Å²) in [5.74, 6) is 0.0559. The molecule has 1 saturated heterocycles. The van der Waals surface area contributed by atoms with Crippen LogP contribution in [0.15, 0.2) is 40.7 Å². The molecule has 0 radical (unpaired) electrons. The molecule has 1 aromatic heterocycles. The molecule has 1 N–H and O–H groups in total. The molecule has 8 heteroatoms. The Balaban J connectivity index is 1.59. The average molecular weight is 382 g/mol. The molecular weight excluding hydrogens is 366 g/mol. The van der Waals surface area contributed by atoms with Crippen LogP contribution in [0.25, 0.3) is 0 Å². The Hall–Kier alpha value is -1.57. The van der Waals surface area contributed by atoms with Crippen LogP contribution in [0.1, 0.15) is 12.8 Å². The molecule has 3 rings (SSSR count). The summed E-state index contributed by atoms with van der Waals surface area (Å²) < 4.78 is 0. The molecule has 1 fully saturated rings. The van der Waals surface area contributed by atoms with Gasteiger partial charge in [0.25, 0.3) is 0 Å². The largest absolute Gasteiger partial charge is 0.330 e. The Morgan fingerprint density at radius 2 is 2.25 bits per heavy atom. The maximum absolute atomic E-state index is 12.5. The van der Waals surface area contributed by atoms with Crippen LogP contribution in [-0.4, -0.2) is 40.0 Å². The number of aromatic nitrogens is 1. The number of nitrogens with zero attached hydrogens (tertiary/aromatic N) is 2. The lowest BCUT2D eigenvalue weighted by molar-refractivity contribution is -0.134. The lowest BCUT2D eigenvalue weighted by Crippen LogP contribution is -2.43. The molecule has 2 heterocycles. The van der Waals surface area contributed by atoms with Crippen LogP contribution in [-0.2, 0) is 9.59 Å². The van der Waals surface area contributed by atoms with Gasteiger partial charge in [-0.1, -0.05) is 23.7 Å². The van der Waals surface area contributed by atoms with Crippen molar-refractivity contribution in [2.24, 2.45) is 0 Å². The van der Waals surface area contributed by atoms with Gasteiger partial charge in [-0.15, -0.1) is 23.1 Å². The molecule has 126 valence electrons. The van der Waals surface area contributed by atoms with Crippen molar-refractivity contribution in [3.05, 3.63) is 40.9 Å². The van der Waals surface area contributed by atoms with Gasteiger partial charge in [0.05, 0.1) is 10.8 Å². The molecule has 1 aliphatic heterocycles. The highest BCUT2D eigenvalue weighted by molar-refractivity contribution is 8.00. The fourth-order valence-corrected chi connectivity index (χ4v) is 4.25. The topological polar surface area (TPSA) is 62.3 Å². The van der Waals surface area contributed by atoms with Gasteiger partial charge in [-0.2, -0.15) is 0 Å². The summed E-state index contributed by atoms with van der Waals surface area (Å²) in [6.07, 6.45) is 3.15. The van der Waals surface area contributed by atoms with Crippen LogP contribution in [0.3, 0.4) is 0 Å². The zero-order chi connectivity index (χ0) is 16.9. The lowest BCUT2D eigenvalue weighted by Gasteiger charge is -2.23. The van der Waals surface area contributed by atoms with Gasteiger partial charge in [0.15, 0.2) is 5.13 Å². The zero-order valence-corrected chi connectivity index (χ0v) is 15.2. The number of carbonyl (C=O) groups excluding carboxylic acids is 2. The Bertz CT molecular complexity index is 724. The molecule has 1 aromatic carbocycles. The molecule has 0 bridgehead atoms. The summed E-state index contributed by atoms with van der Waals surface area (Å²) in [5.41, 5.74) is 0. The van der Waals surface area contributed by atoms with Gasteiger partial charge in [0, 0.05) is 23.0 Å². The van der Waals surface area contributed by atoms with E-state index in [0.29, 0.717) is 23.1 Å². The third kappa shape index (κ3) is 4.09. The fourth-order valence-electron chi connectivity index (χ4n) is 2.60. The van der Waals surface area contributed by atoms with Crippen LogP contribution in [0.2, 0.25) is 5.02 Å². The smallest absolute Gasteiger partial charge is 0.248 e. The molecule has 0 saturated carbocycles. The number of thiazole rings is 1. The normalized spacial score (nSPS) is 17.0. The van der Waals surface area contributed by atoms with Crippen LogP contribution in [0.5, 0.6) is 0 Å². The minimum atomic E-state index is -0.423. The number of likely N-dealkylation sites (tertiary alicyclic amines) is 1. The summed E-state index contributed by atoms with van der Waals surface area (Å²) in [4.78, 5) is 31.5. The third-order valence-corrected chi connectivity index (χ3v) is 5.91. The first-order valence-electron chi connectivity index (χ1n) is 7.52. The number of halogens is 1. The van der Waals surface area contributed by atoms with Gasteiger partial charge >= 0.3 is 0 Å². The van der Waals surface area contributed by atoms with Gasteiger partial charge in [-0.3, -0.25) is 9.59 Å². The monoisotopic (exact) mass is 381 g/mol. The molecule has 2 amide bonds. The number of nitrogens with one attached hydrogen (secondary N) is 1. The van der Waals surface area contributed by atoms with Crippen molar-refractivity contribution in [2.45, 2.75) is 23.8 Å². The molecule has 0 spiro atoms. The number of carbonyl (C=O) groups is 2. The van der Waals surface area contributed by atoms with Crippen molar-refractivity contribution >= 4 is 51.6 Å². The highest BCUT2D eigenvalue weighted by Crippen LogP contribution is 2.28. The van der Waals surface area contributed by atoms with Crippen molar-refractivity contribution in [3.8, 4) is 0 Å². The van der Waals surface area contributed by atoms with Gasteiger partial charge < -0.3 is 10.2 Å². The second-order valence-electron chi connectivity index (χ2n) is 5.29. The van der Waals surface area contributed by atoms with Crippen LogP contribution in [0, 0.1) is 0 Å². The zero-order valence-electron chi connectivity index (χ0n) is 12.8. The predicted octanol–water partition coefficient (Wildman–Crippen LogP) is 3.52. The standard InChI is InChI=1S/C16H16ClN3O2S2/c17-11-4-1-2-6-13(11)24-10-14(21)20-8-3-5-12(20)15(22)19-16-18-7-9-23-16/h1-2,4,6-7,9,12H,3,5,8,10H2,(H,18,19,22). The predicted molar refractivity (Wildman–Crippen MR) is 97.7 cm³/mol. The lowest BCUT2D eigenvalue weighted by atomic mass is 10.2. The highest BCUT2D eigenvalue weighted by Gasteiger charge is 2.34. The van der Waals surface area contributed by atoms with Crippen LogP contribution >= 0.6 is 34.7 Å². The number of amides is 2. The van der Waals surface area contributed by atoms with E-state index < -0.39 is 6.04 Å².